The first-order chi connectivity index (χ1) is 18.2. The van der Waals surface area contributed by atoms with E-state index in [9.17, 15) is 29.5 Å². The maximum atomic E-state index is 13.1. The van der Waals surface area contributed by atoms with Gasteiger partial charge in [-0.05, 0) is 39.7 Å². The van der Waals surface area contributed by atoms with Crippen LogP contribution in [0.5, 0.6) is 0 Å². The van der Waals surface area contributed by atoms with E-state index in [-0.39, 0.29) is 33.9 Å². The Labute approximate surface area is 232 Å². The molecule has 0 radical (unpaired) electrons. The monoisotopic (exact) mass is 595 g/mol. The zero-order valence-corrected chi connectivity index (χ0v) is 22.3. The van der Waals surface area contributed by atoms with Crippen LogP contribution in [0.2, 0.25) is 5.15 Å². The number of carboxylic acid groups (broad SMARTS) is 1. The number of fused-ring (bicyclic) bond motifs is 1. The van der Waals surface area contributed by atoms with Crippen molar-refractivity contribution in [1.82, 2.24) is 25.9 Å². The van der Waals surface area contributed by atoms with Crippen LogP contribution in [0.4, 0.5) is 4.79 Å². The minimum absolute atomic E-state index is 0.0180. The second kappa shape index (κ2) is 11.9. The van der Waals surface area contributed by atoms with E-state index in [1.807, 2.05) is 0 Å². The van der Waals surface area contributed by atoms with Crippen LogP contribution in [0.1, 0.15) is 10.9 Å². The van der Waals surface area contributed by atoms with Crippen LogP contribution >= 0.6 is 46.5 Å². The Kier molecular flexibility index (Phi) is 8.62. The van der Waals surface area contributed by atoms with Crippen LogP contribution in [0.15, 0.2) is 45.9 Å². The Morgan fingerprint density at radius 3 is 2.84 bits per heavy atom. The number of amides is 4. The molecule has 2 aliphatic heterocycles. The number of hydrogen-bond acceptors (Lipinski definition) is 10. The smallest absolute Gasteiger partial charge is 0.352 e. The van der Waals surface area contributed by atoms with Gasteiger partial charge in [0.1, 0.15) is 29.7 Å². The average molecular weight is 596 g/mol. The van der Waals surface area contributed by atoms with Crippen molar-refractivity contribution in [3.8, 4) is 6.07 Å². The van der Waals surface area contributed by atoms with Gasteiger partial charge in [-0.1, -0.05) is 17.7 Å². The minimum atomic E-state index is -1.31. The van der Waals surface area contributed by atoms with E-state index < -0.39 is 41.3 Å². The van der Waals surface area contributed by atoms with E-state index in [4.69, 9.17) is 16.9 Å². The minimum Gasteiger partial charge on any atom is -0.593 e. The molecule has 1 saturated heterocycles. The number of hydrogen-bond donors (Lipinski definition) is 4. The third kappa shape index (κ3) is 5.80. The predicted molar refractivity (Wildman–Crippen MR) is 138 cm³/mol. The Hall–Kier alpha value is -3.52. The van der Waals surface area contributed by atoms with E-state index in [1.54, 1.807) is 23.6 Å². The molecule has 17 heteroatoms. The van der Waals surface area contributed by atoms with E-state index in [0.717, 1.165) is 16.7 Å². The molecule has 3 atom stereocenters. The Morgan fingerprint density at radius 1 is 1.39 bits per heavy atom. The van der Waals surface area contributed by atoms with Gasteiger partial charge < -0.3 is 26.3 Å². The van der Waals surface area contributed by atoms with Crippen LogP contribution in [0.25, 0.3) is 0 Å². The van der Waals surface area contributed by atoms with Gasteiger partial charge in [0.2, 0.25) is 5.91 Å². The van der Waals surface area contributed by atoms with E-state index in [0.29, 0.717) is 15.3 Å². The fourth-order valence-electron chi connectivity index (χ4n) is 3.69. The molecule has 0 saturated carbocycles. The molecular weight excluding hydrogens is 578 g/mol. The maximum Gasteiger partial charge on any atom is 0.352 e. The fraction of sp³-hybridized carbons (Fsp3) is 0.286. The Bertz CT molecular complexity index is 1350. The molecule has 2 aromatic rings. The van der Waals surface area contributed by atoms with Gasteiger partial charge in [-0.2, -0.15) is 5.26 Å². The number of carbonyl (C=O) groups excluding carboxylic acids is 3. The van der Waals surface area contributed by atoms with Crippen molar-refractivity contribution in [1.29, 1.82) is 5.26 Å². The highest BCUT2D eigenvalue weighted by molar-refractivity contribution is 8.01. The molecule has 2 unspecified atom stereocenters. The third-order valence-electron chi connectivity index (χ3n) is 5.37. The number of carboxylic acids is 1. The Balaban J connectivity index is 1.47. The number of nitriles is 1. The molecule has 198 valence electrons. The van der Waals surface area contributed by atoms with Crippen LogP contribution < -0.4 is 20.8 Å². The number of thioether (sulfide) groups is 2. The molecule has 13 nitrogen and oxygen atoms in total. The third-order valence-corrected chi connectivity index (χ3v) is 8.93. The summed E-state index contributed by atoms with van der Waals surface area (Å²) in [7, 11) is 0. The van der Waals surface area contributed by atoms with Gasteiger partial charge in [0, 0.05) is 27.5 Å². The standard InChI is InChI=1S/C21H18ClN7O6S3/c22-12-3-4-13(29(35)27-12)37-8-10-9-38-19-15(18(31)28(19)16(10)20(32)33)25-17(30)14(11-2-1-7-36-11)26-21(34)24-6-5-23/h1-4,7,14-15,19H,6,8-9H2,(H,25,30)(H,32,33)(H2,24,26,34)/t14?,15-,19?/m0/s1. The molecule has 0 aliphatic carbocycles. The molecule has 0 bridgehead atoms. The number of rotatable bonds is 9. The maximum absolute atomic E-state index is 13.1. The summed E-state index contributed by atoms with van der Waals surface area (Å²) in [5.41, 5.74) is 0.240. The number of nitrogens with one attached hydrogen (secondary N) is 3. The summed E-state index contributed by atoms with van der Waals surface area (Å²) in [5.74, 6) is -2.20. The highest BCUT2D eigenvalue weighted by Gasteiger charge is 2.54. The van der Waals surface area contributed by atoms with Gasteiger partial charge in [-0.15, -0.1) is 23.1 Å². The molecule has 0 spiro atoms. The zero-order valence-electron chi connectivity index (χ0n) is 19.1. The summed E-state index contributed by atoms with van der Waals surface area (Å²) in [5, 5.41) is 42.7. The lowest BCUT2D eigenvalue weighted by molar-refractivity contribution is -0.706. The number of urea groups is 1. The van der Waals surface area contributed by atoms with Crippen LogP contribution in [-0.2, 0) is 14.4 Å². The number of aliphatic carboxylic acids is 1. The highest BCUT2D eigenvalue weighted by atomic mass is 35.5. The summed E-state index contributed by atoms with van der Waals surface area (Å²) in [4.78, 5) is 52.3. The quantitative estimate of drug-likeness (QED) is 0.106. The number of thiophene rings is 1. The van der Waals surface area contributed by atoms with Crippen molar-refractivity contribution in [3.05, 3.63) is 56.2 Å². The molecule has 4 amide bonds. The lowest BCUT2D eigenvalue weighted by atomic mass is 10.0. The predicted octanol–water partition coefficient (Wildman–Crippen LogP) is 0.825. The first kappa shape index (κ1) is 27.5. The zero-order chi connectivity index (χ0) is 27.4. The number of carbonyl (C=O) groups is 4. The van der Waals surface area contributed by atoms with Gasteiger partial charge in [0.15, 0.2) is 5.15 Å². The van der Waals surface area contributed by atoms with Crippen molar-refractivity contribution in [2.45, 2.75) is 22.5 Å². The van der Waals surface area contributed by atoms with Gasteiger partial charge in [0.05, 0.1) is 6.07 Å². The van der Waals surface area contributed by atoms with Gasteiger partial charge >= 0.3 is 12.0 Å². The second-order valence-corrected chi connectivity index (χ2v) is 11.2. The average Bonchev–Trinajstić information content (AvgIpc) is 3.42. The molecule has 2 aromatic heterocycles. The van der Waals surface area contributed by atoms with Crippen LogP contribution in [0, 0.1) is 16.5 Å². The summed E-state index contributed by atoms with van der Waals surface area (Å²) < 4.78 is 0. The molecule has 1 fully saturated rings. The summed E-state index contributed by atoms with van der Waals surface area (Å²) in [6, 6.07) is 5.13. The number of halogens is 1. The first-order valence-electron chi connectivity index (χ1n) is 10.8. The topological polar surface area (TPSA) is 191 Å². The molecular formula is C21H18ClN7O6S3. The molecule has 38 heavy (non-hydrogen) atoms. The van der Waals surface area contributed by atoms with E-state index >= 15 is 0 Å². The normalized spacial score (nSPS) is 19.1. The molecule has 4 rings (SSSR count). The van der Waals surface area contributed by atoms with Crippen molar-refractivity contribution in [2.75, 3.05) is 18.1 Å². The fourth-order valence-corrected chi connectivity index (χ4v) is 6.95. The SMILES string of the molecule is N#CCNC(=O)NC(C(=O)N[C@H]1C(=O)N2C(C(=O)O)=C(CSc3ccc(Cl)n[n+]3[O-])CSC12)c1cccs1. The van der Waals surface area contributed by atoms with Crippen LogP contribution in [-0.4, -0.2) is 68.4 Å². The second-order valence-electron chi connectivity index (χ2n) is 7.74. The highest BCUT2D eigenvalue weighted by Crippen LogP contribution is 2.41. The molecule has 4 N–H and O–H groups in total. The van der Waals surface area contributed by atoms with Crippen molar-refractivity contribution in [3.63, 3.8) is 0 Å². The van der Waals surface area contributed by atoms with Gasteiger partial charge in [0.25, 0.3) is 10.9 Å². The first-order valence-corrected chi connectivity index (χ1v) is 14.0. The van der Waals surface area contributed by atoms with Crippen molar-refractivity contribution in [2.24, 2.45) is 0 Å². The van der Waals surface area contributed by atoms with Crippen molar-refractivity contribution < 1.29 is 29.1 Å². The summed E-state index contributed by atoms with van der Waals surface area (Å²) in [6.45, 7) is -0.256. The lowest BCUT2D eigenvalue weighted by Gasteiger charge is -2.49. The van der Waals surface area contributed by atoms with Gasteiger partial charge in [-0.3, -0.25) is 14.5 Å². The number of aromatic nitrogens is 2. The van der Waals surface area contributed by atoms with Crippen LogP contribution in [0.3, 0.4) is 0 Å². The molecule has 0 aromatic carbocycles. The molecule has 4 heterocycles. The largest absolute Gasteiger partial charge is 0.593 e. The molecule has 2 aliphatic rings. The summed E-state index contributed by atoms with van der Waals surface area (Å²) >= 11 is 9.24. The summed E-state index contributed by atoms with van der Waals surface area (Å²) in [6.07, 6.45) is 0. The lowest BCUT2D eigenvalue weighted by Crippen LogP contribution is -2.71. The van der Waals surface area contributed by atoms with E-state index in [1.165, 1.54) is 35.2 Å². The number of β-lactam (4-membered cyclic amide) rings is 1. The Morgan fingerprint density at radius 2 is 2.18 bits per heavy atom. The van der Waals surface area contributed by atoms with E-state index in [2.05, 4.69) is 21.0 Å². The van der Waals surface area contributed by atoms with Gasteiger partial charge in [-0.25, -0.2) is 9.59 Å². The number of nitrogens with zero attached hydrogens (tertiary/aromatic N) is 4. The van der Waals surface area contributed by atoms with Crippen molar-refractivity contribution >= 4 is 70.3 Å².